The Labute approximate surface area is 93.1 Å². The number of hydrogen-bond donors (Lipinski definition) is 1. The van der Waals surface area contributed by atoms with Crippen molar-refractivity contribution in [2.75, 3.05) is 11.2 Å². The van der Waals surface area contributed by atoms with Crippen LogP contribution in [0.4, 0.5) is 10.3 Å². The third kappa shape index (κ3) is 2.37. The average molecular weight is 230 g/mol. The van der Waals surface area contributed by atoms with Crippen LogP contribution >= 0.6 is 11.6 Å². The Morgan fingerprint density at radius 3 is 2.47 bits per heavy atom. The minimum atomic E-state index is -0.424. The van der Waals surface area contributed by atoms with E-state index in [1.807, 2.05) is 0 Å². The van der Waals surface area contributed by atoms with E-state index in [1.165, 1.54) is 12.8 Å². The fourth-order valence-corrected chi connectivity index (χ4v) is 2.29. The third-order valence-electron chi connectivity index (χ3n) is 2.81. The highest BCUT2D eigenvalue weighted by Gasteiger charge is 2.33. The van der Waals surface area contributed by atoms with E-state index in [0.717, 1.165) is 25.2 Å². The first kappa shape index (κ1) is 10.6. The zero-order valence-corrected chi connectivity index (χ0v) is 9.10. The Balaban J connectivity index is 2.09. The smallest absolute Gasteiger partial charge is 0.223 e. The standard InChI is InChI=1S/C10H13ClFN3/c11-7-10(3-1-2-4-10)15-9-13-5-8(12)6-14-9/h5-6H,1-4,7H2,(H,13,14,15). The lowest BCUT2D eigenvalue weighted by molar-refractivity contribution is 0.532. The van der Waals surface area contributed by atoms with Gasteiger partial charge in [0, 0.05) is 5.88 Å². The van der Waals surface area contributed by atoms with E-state index in [2.05, 4.69) is 15.3 Å². The van der Waals surface area contributed by atoms with Gasteiger partial charge in [-0.1, -0.05) is 12.8 Å². The molecule has 2 rings (SSSR count). The van der Waals surface area contributed by atoms with E-state index < -0.39 is 5.82 Å². The summed E-state index contributed by atoms with van der Waals surface area (Å²) in [4.78, 5) is 7.76. The van der Waals surface area contributed by atoms with Crippen LogP contribution in [0.5, 0.6) is 0 Å². The Bertz CT molecular complexity index is 322. The van der Waals surface area contributed by atoms with Gasteiger partial charge in [-0.3, -0.25) is 0 Å². The third-order valence-corrected chi connectivity index (χ3v) is 3.33. The lowest BCUT2D eigenvalue weighted by Crippen LogP contribution is -2.37. The fourth-order valence-electron chi connectivity index (χ4n) is 1.96. The van der Waals surface area contributed by atoms with Crippen molar-refractivity contribution < 1.29 is 4.39 Å². The molecule has 1 saturated carbocycles. The number of rotatable bonds is 3. The molecule has 0 radical (unpaired) electrons. The molecule has 1 aliphatic carbocycles. The predicted molar refractivity (Wildman–Crippen MR) is 57.5 cm³/mol. The summed E-state index contributed by atoms with van der Waals surface area (Å²) in [6.45, 7) is 0. The molecule has 15 heavy (non-hydrogen) atoms. The van der Waals surface area contributed by atoms with Crippen molar-refractivity contribution in [3.05, 3.63) is 18.2 Å². The van der Waals surface area contributed by atoms with Crippen LogP contribution in [0.1, 0.15) is 25.7 Å². The molecular formula is C10H13ClFN3. The van der Waals surface area contributed by atoms with Crippen LogP contribution in [0.15, 0.2) is 12.4 Å². The van der Waals surface area contributed by atoms with Gasteiger partial charge in [-0.05, 0) is 12.8 Å². The predicted octanol–water partition coefficient (Wildman–Crippen LogP) is 2.58. The maximum absolute atomic E-state index is 12.6. The Hall–Kier alpha value is -0.900. The highest BCUT2D eigenvalue weighted by Crippen LogP contribution is 2.33. The van der Waals surface area contributed by atoms with Crippen LogP contribution < -0.4 is 5.32 Å². The monoisotopic (exact) mass is 229 g/mol. The topological polar surface area (TPSA) is 37.8 Å². The molecule has 0 spiro atoms. The quantitative estimate of drug-likeness (QED) is 0.810. The van der Waals surface area contributed by atoms with Crippen molar-refractivity contribution in [3.63, 3.8) is 0 Å². The minimum Gasteiger partial charge on any atom is -0.348 e. The molecule has 0 aliphatic heterocycles. The van der Waals surface area contributed by atoms with Gasteiger partial charge >= 0.3 is 0 Å². The number of aromatic nitrogens is 2. The molecule has 3 nitrogen and oxygen atoms in total. The van der Waals surface area contributed by atoms with Gasteiger partial charge in [-0.15, -0.1) is 11.6 Å². The molecule has 0 saturated heterocycles. The largest absolute Gasteiger partial charge is 0.348 e. The zero-order chi connectivity index (χ0) is 10.7. The van der Waals surface area contributed by atoms with E-state index >= 15 is 0 Å². The van der Waals surface area contributed by atoms with Crippen LogP contribution in [0, 0.1) is 5.82 Å². The van der Waals surface area contributed by atoms with Gasteiger partial charge in [0.25, 0.3) is 0 Å². The van der Waals surface area contributed by atoms with Crippen LogP contribution in [0.3, 0.4) is 0 Å². The Morgan fingerprint density at radius 1 is 1.33 bits per heavy atom. The summed E-state index contributed by atoms with van der Waals surface area (Å²) in [7, 11) is 0. The second-order valence-corrected chi connectivity index (χ2v) is 4.24. The van der Waals surface area contributed by atoms with Gasteiger partial charge in [0.1, 0.15) is 0 Å². The average Bonchev–Trinajstić information content (AvgIpc) is 2.71. The number of nitrogens with zero attached hydrogens (tertiary/aromatic N) is 2. The van der Waals surface area contributed by atoms with Crippen molar-refractivity contribution in [2.24, 2.45) is 0 Å². The molecule has 0 aromatic carbocycles. The fraction of sp³-hybridized carbons (Fsp3) is 0.600. The molecule has 1 N–H and O–H groups in total. The second-order valence-electron chi connectivity index (χ2n) is 3.97. The van der Waals surface area contributed by atoms with Crippen LogP contribution in [-0.4, -0.2) is 21.4 Å². The van der Waals surface area contributed by atoms with Gasteiger partial charge in [0.15, 0.2) is 5.82 Å². The summed E-state index contributed by atoms with van der Waals surface area (Å²) in [6, 6.07) is 0. The molecular weight excluding hydrogens is 217 g/mol. The number of anilines is 1. The lowest BCUT2D eigenvalue weighted by Gasteiger charge is -2.27. The van der Waals surface area contributed by atoms with E-state index in [1.54, 1.807) is 0 Å². The van der Waals surface area contributed by atoms with E-state index in [9.17, 15) is 4.39 Å². The van der Waals surface area contributed by atoms with Gasteiger partial charge in [-0.2, -0.15) is 0 Å². The molecule has 1 fully saturated rings. The van der Waals surface area contributed by atoms with E-state index in [0.29, 0.717) is 11.8 Å². The van der Waals surface area contributed by atoms with Gasteiger partial charge in [-0.25, -0.2) is 14.4 Å². The highest BCUT2D eigenvalue weighted by atomic mass is 35.5. The number of hydrogen-bond acceptors (Lipinski definition) is 3. The molecule has 1 aromatic rings. The Morgan fingerprint density at radius 2 is 1.93 bits per heavy atom. The van der Waals surface area contributed by atoms with E-state index in [-0.39, 0.29) is 5.54 Å². The van der Waals surface area contributed by atoms with Gasteiger partial charge in [0.2, 0.25) is 5.95 Å². The maximum atomic E-state index is 12.6. The molecule has 1 aliphatic rings. The normalized spacial score (nSPS) is 19.1. The van der Waals surface area contributed by atoms with Crippen molar-refractivity contribution in [1.82, 2.24) is 9.97 Å². The molecule has 0 bridgehead atoms. The molecule has 0 amide bonds. The minimum absolute atomic E-state index is 0.0978. The molecule has 0 atom stereocenters. The number of alkyl halides is 1. The molecule has 5 heteroatoms. The van der Waals surface area contributed by atoms with Crippen LogP contribution in [0.2, 0.25) is 0 Å². The lowest BCUT2D eigenvalue weighted by atomic mass is 10.0. The summed E-state index contributed by atoms with van der Waals surface area (Å²) in [6.07, 6.45) is 6.70. The van der Waals surface area contributed by atoms with E-state index in [4.69, 9.17) is 11.6 Å². The van der Waals surface area contributed by atoms with Crippen molar-refractivity contribution in [2.45, 2.75) is 31.2 Å². The molecule has 1 heterocycles. The second kappa shape index (κ2) is 4.31. The summed E-state index contributed by atoms with van der Waals surface area (Å²) >= 11 is 5.95. The number of halogens is 2. The highest BCUT2D eigenvalue weighted by molar-refractivity contribution is 6.18. The van der Waals surface area contributed by atoms with Crippen molar-refractivity contribution >= 4 is 17.5 Å². The first-order valence-electron chi connectivity index (χ1n) is 5.06. The number of nitrogens with one attached hydrogen (secondary N) is 1. The summed E-state index contributed by atoms with van der Waals surface area (Å²) in [5.41, 5.74) is -0.0978. The summed E-state index contributed by atoms with van der Waals surface area (Å²) < 4.78 is 12.6. The van der Waals surface area contributed by atoms with Crippen molar-refractivity contribution in [3.8, 4) is 0 Å². The van der Waals surface area contributed by atoms with Crippen molar-refractivity contribution in [1.29, 1.82) is 0 Å². The van der Waals surface area contributed by atoms with Crippen LogP contribution in [-0.2, 0) is 0 Å². The Kier molecular flexibility index (Phi) is 3.05. The zero-order valence-electron chi connectivity index (χ0n) is 8.34. The summed E-state index contributed by atoms with van der Waals surface area (Å²) in [5, 5.41) is 3.21. The first-order chi connectivity index (χ1) is 7.24. The van der Waals surface area contributed by atoms with Gasteiger partial charge in [0.05, 0.1) is 17.9 Å². The first-order valence-corrected chi connectivity index (χ1v) is 5.59. The summed E-state index contributed by atoms with van der Waals surface area (Å²) in [5.74, 6) is 0.569. The molecule has 1 aromatic heterocycles. The van der Waals surface area contributed by atoms with Gasteiger partial charge < -0.3 is 5.32 Å². The SMILES string of the molecule is Fc1cnc(NC2(CCl)CCCC2)nc1. The molecule has 82 valence electrons. The van der Waals surface area contributed by atoms with Crippen LogP contribution in [0.25, 0.3) is 0 Å². The maximum Gasteiger partial charge on any atom is 0.223 e. The molecule has 0 unspecified atom stereocenters.